The lowest BCUT2D eigenvalue weighted by Gasteiger charge is -2.02. The zero-order valence-electron chi connectivity index (χ0n) is 8.44. The summed E-state index contributed by atoms with van der Waals surface area (Å²) in [4.78, 5) is 14.7. The molecule has 0 amide bonds. The number of rotatable bonds is 2. The Balaban J connectivity index is 2.80. The number of carboxylic acid groups (broad SMARTS) is 1. The van der Waals surface area contributed by atoms with E-state index in [2.05, 4.69) is 16.7 Å². The van der Waals surface area contributed by atoms with E-state index >= 15 is 0 Å². The van der Waals surface area contributed by atoms with Gasteiger partial charge in [0.2, 0.25) is 0 Å². The van der Waals surface area contributed by atoms with Crippen LogP contribution in [-0.4, -0.2) is 25.7 Å². The third kappa shape index (κ3) is 1.65. The average Bonchev–Trinajstić information content (AvgIpc) is 2.59. The lowest BCUT2D eigenvalue weighted by molar-refractivity contribution is 0.0691. The minimum absolute atomic E-state index is 0.0720. The Hall–Kier alpha value is -1.88. The summed E-state index contributed by atoms with van der Waals surface area (Å²) in [7, 11) is 0. The highest BCUT2D eigenvalue weighted by Crippen LogP contribution is 2.20. The van der Waals surface area contributed by atoms with Crippen molar-refractivity contribution in [2.24, 2.45) is 0 Å². The molecule has 2 heterocycles. The Morgan fingerprint density at radius 2 is 2.31 bits per heavy atom. The molecule has 2 rings (SSSR count). The first-order valence-corrected chi connectivity index (χ1v) is 4.82. The van der Waals surface area contributed by atoms with Crippen LogP contribution in [0.1, 0.15) is 23.0 Å². The number of aromatic nitrogens is 3. The van der Waals surface area contributed by atoms with Gasteiger partial charge in [-0.2, -0.15) is 5.10 Å². The molecule has 0 unspecified atom stereocenters. The first-order valence-electron chi connectivity index (χ1n) is 4.44. The van der Waals surface area contributed by atoms with Crippen LogP contribution in [-0.2, 0) is 0 Å². The summed E-state index contributed by atoms with van der Waals surface area (Å²) in [6, 6.07) is 1.61. The summed E-state index contributed by atoms with van der Waals surface area (Å²) < 4.78 is 1.34. The summed E-state index contributed by atoms with van der Waals surface area (Å²) >= 11 is 5.81. The first-order chi connectivity index (χ1) is 7.49. The molecule has 0 saturated carbocycles. The molecule has 16 heavy (non-hydrogen) atoms. The van der Waals surface area contributed by atoms with Crippen LogP contribution in [0.3, 0.4) is 0 Å². The molecule has 0 atom stereocenters. The molecule has 0 saturated heterocycles. The van der Waals surface area contributed by atoms with Gasteiger partial charge in [-0.15, -0.1) is 0 Å². The number of carboxylic acids is 1. The molecular weight excluding hydrogens is 230 g/mol. The second-order valence-corrected chi connectivity index (χ2v) is 3.75. The van der Waals surface area contributed by atoms with Crippen molar-refractivity contribution in [2.45, 2.75) is 6.92 Å². The van der Waals surface area contributed by atoms with Crippen LogP contribution < -0.4 is 0 Å². The number of fused-ring (bicyclic) bond motifs is 1. The van der Waals surface area contributed by atoms with Crippen molar-refractivity contribution >= 4 is 28.8 Å². The summed E-state index contributed by atoms with van der Waals surface area (Å²) in [6.45, 7) is 5.58. The Morgan fingerprint density at radius 3 is 2.88 bits per heavy atom. The second-order valence-electron chi connectivity index (χ2n) is 3.36. The SMILES string of the molecule is C=C(C)c1cc(Cl)nn2cc(C(=O)O)nc12. The normalized spacial score (nSPS) is 10.6. The van der Waals surface area contributed by atoms with Gasteiger partial charge in [-0.05, 0) is 18.6 Å². The minimum Gasteiger partial charge on any atom is -0.476 e. The summed E-state index contributed by atoms with van der Waals surface area (Å²) in [5, 5.41) is 13.0. The van der Waals surface area contributed by atoms with Crippen LogP contribution >= 0.6 is 11.6 Å². The van der Waals surface area contributed by atoms with Crippen LogP contribution in [0.25, 0.3) is 11.2 Å². The highest BCUT2D eigenvalue weighted by molar-refractivity contribution is 6.29. The molecule has 0 spiro atoms. The van der Waals surface area contributed by atoms with Crippen LogP contribution in [0.2, 0.25) is 5.15 Å². The first kappa shape index (κ1) is 10.6. The lowest BCUT2D eigenvalue weighted by Crippen LogP contribution is -1.95. The summed E-state index contributed by atoms with van der Waals surface area (Å²) in [6.07, 6.45) is 1.32. The number of hydrogen-bond acceptors (Lipinski definition) is 3. The molecule has 6 heteroatoms. The van der Waals surface area contributed by atoms with Crippen molar-refractivity contribution in [2.75, 3.05) is 0 Å². The van der Waals surface area contributed by atoms with E-state index in [0.29, 0.717) is 11.2 Å². The number of nitrogens with zero attached hydrogens (tertiary/aromatic N) is 3. The van der Waals surface area contributed by atoms with Gasteiger partial charge in [-0.3, -0.25) is 0 Å². The van der Waals surface area contributed by atoms with E-state index in [1.165, 1.54) is 10.7 Å². The highest BCUT2D eigenvalue weighted by atomic mass is 35.5. The molecule has 2 aromatic rings. The maximum Gasteiger partial charge on any atom is 0.356 e. The minimum atomic E-state index is -1.10. The lowest BCUT2D eigenvalue weighted by atomic mass is 10.1. The Kier molecular flexibility index (Phi) is 2.40. The molecule has 0 aliphatic carbocycles. The van der Waals surface area contributed by atoms with Crippen molar-refractivity contribution in [3.63, 3.8) is 0 Å². The molecular formula is C10H8ClN3O2. The smallest absolute Gasteiger partial charge is 0.356 e. The van der Waals surface area contributed by atoms with E-state index in [9.17, 15) is 4.79 Å². The van der Waals surface area contributed by atoms with E-state index < -0.39 is 5.97 Å². The Morgan fingerprint density at radius 1 is 1.62 bits per heavy atom. The molecule has 0 aromatic carbocycles. The van der Waals surface area contributed by atoms with Gasteiger partial charge in [0.25, 0.3) is 0 Å². The largest absolute Gasteiger partial charge is 0.476 e. The van der Waals surface area contributed by atoms with Gasteiger partial charge in [-0.1, -0.05) is 18.2 Å². The fraction of sp³-hybridized carbons (Fsp3) is 0.100. The molecule has 82 valence electrons. The third-order valence-electron chi connectivity index (χ3n) is 2.07. The Labute approximate surface area is 96.0 Å². The summed E-state index contributed by atoms with van der Waals surface area (Å²) in [5.41, 5.74) is 1.80. The maximum atomic E-state index is 10.8. The number of carbonyl (C=O) groups is 1. The Bertz CT molecular complexity index is 603. The van der Waals surface area contributed by atoms with E-state index in [-0.39, 0.29) is 10.8 Å². The van der Waals surface area contributed by atoms with Crippen LogP contribution in [0.15, 0.2) is 18.8 Å². The molecule has 2 aromatic heterocycles. The van der Waals surface area contributed by atoms with Gasteiger partial charge >= 0.3 is 5.97 Å². The van der Waals surface area contributed by atoms with E-state index in [0.717, 1.165) is 5.57 Å². The zero-order chi connectivity index (χ0) is 11.9. The topological polar surface area (TPSA) is 67.5 Å². The zero-order valence-corrected chi connectivity index (χ0v) is 9.19. The standard InChI is InChI=1S/C10H8ClN3O2/c1-5(2)6-3-8(11)13-14-4-7(10(15)16)12-9(6)14/h3-4H,1H2,2H3,(H,15,16). The van der Waals surface area contributed by atoms with E-state index in [1.54, 1.807) is 13.0 Å². The molecule has 0 radical (unpaired) electrons. The van der Waals surface area contributed by atoms with Crippen LogP contribution in [0, 0.1) is 0 Å². The van der Waals surface area contributed by atoms with E-state index in [4.69, 9.17) is 16.7 Å². The highest BCUT2D eigenvalue weighted by Gasteiger charge is 2.13. The van der Waals surface area contributed by atoms with Crippen molar-refractivity contribution in [1.82, 2.24) is 14.6 Å². The number of halogens is 1. The molecule has 0 aliphatic rings. The fourth-order valence-corrected chi connectivity index (χ4v) is 1.55. The second kappa shape index (κ2) is 3.61. The van der Waals surface area contributed by atoms with Crippen molar-refractivity contribution in [3.05, 3.63) is 35.3 Å². The van der Waals surface area contributed by atoms with E-state index in [1.807, 2.05) is 0 Å². The summed E-state index contributed by atoms with van der Waals surface area (Å²) in [5.74, 6) is -1.10. The molecule has 0 bridgehead atoms. The van der Waals surface area contributed by atoms with Gasteiger partial charge in [0.15, 0.2) is 16.5 Å². The predicted molar refractivity (Wildman–Crippen MR) is 59.7 cm³/mol. The molecule has 1 N–H and O–H groups in total. The van der Waals surface area contributed by atoms with Gasteiger partial charge < -0.3 is 5.11 Å². The van der Waals surface area contributed by atoms with Crippen molar-refractivity contribution in [3.8, 4) is 0 Å². The number of hydrogen-bond donors (Lipinski definition) is 1. The van der Waals surface area contributed by atoms with Crippen LogP contribution in [0.5, 0.6) is 0 Å². The van der Waals surface area contributed by atoms with Gasteiger partial charge in [0.1, 0.15) is 0 Å². The van der Waals surface area contributed by atoms with Crippen LogP contribution in [0.4, 0.5) is 0 Å². The number of allylic oxidation sites excluding steroid dienone is 1. The monoisotopic (exact) mass is 237 g/mol. The van der Waals surface area contributed by atoms with Crippen molar-refractivity contribution < 1.29 is 9.90 Å². The third-order valence-corrected chi connectivity index (χ3v) is 2.26. The maximum absolute atomic E-state index is 10.8. The molecule has 5 nitrogen and oxygen atoms in total. The average molecular weight is 238 g/mol. The number of aromatic carboxylic acids is 1. The molecule has 0 fully saturated rings. The number of imidazole rings is 1. The van der Waals surface area contributed by atoms with Crippen molar-refractivity contribution in [1.29, 1.82) is 0 Å². The quantitative estimate of drug-likeness (QED) is 0.869. The van der Waals surface area contributed by atoms with Gasteiger partial charge in [0, 0.05) is 5.56 Å². The van der Waals surface area contributed by atoms with Gasteiger partial charge in [0.05, 0.1) is 6.20 Å². The van der Waals surface area contributed by atoms with Gasteiger partial charge in [-0.25, -0.2) is 14.3 Å². The fourth-order valence-electron chi connectivity index (χ4n) is 1.36. The molecule has 0 aliphatic heterocycles. The predicted octanol–water partition coefficient (Wildman–Crippen LogP) is 2.11.